The summed E-state index contributed by atoms with van der Waals surface area (Å²) in [4.78, 5) is 12.3. The summed E-state index contributed by atoms with van der Waals surface area (Å²) >= 11 is 10.4. The summed E-state index contributed by atoms with van der Waals surface area (Å²) in [7, 11) is 0. The van der Waals surface area contributed by atoms with Crippen molar-refractivity contribution < 1.29 is 4.79 Å². The van der Waals surface area contributed by atoms with E-state index < -0.39 is 2.14 Å². The van der Waals surface area contributed by atoms with E-state index >= 15 is 0 Å². The Morgan fingerprint density at radius 1 is 0.955 bits per heavy atom. The summed E-state index contributed by atoms with van der Waals surface area (Å²) in [5, 5.41) is 6.26. The molecule has 0 unspecified atom stereocenters. The van der Waals surface area contributed by atoms with Crippen LogP contribution in [0.5, 0.6) is 0 Å². The van der Waals surface area contributed by atoms with Gasteiger partial charge in [-0.1, -0.05) is 96.3 Å². The normalized spacial score (nSPS) is 12.7. The van der Waals surface area contributed by atoms with Gasteiger partial charge in [-0.15, -0.1) is 0 Å². The van der Waals surface area contributed by atoms with Crippen LogP contribution in [0.15, 0.2) is 60.7 Å². The number of benzene rings is 2. The molecule has 6 heteroatoms. The van der Waals surface area contributed by atoms with Gasteiger partial charge in [-0.25, -0.2) is 0 Å². The van der Waals surface area contributed by atoms with E-state index in [2.05, 4.69) is 58.4 Å². The van der Waals surface area contributed by atoms with Gasteiger partial charge in [-0.3, -0.25) is 10.1 Å². The van der Waals surface area contributed by atoms with E-state index in [-0.39, 0.29) is 12.1 Å². The largest absolute Gasteiger partial charge is 0.334 e. The zero-order valence-electron chi connectivity index (χ0n) is 11.6. The van der Waals surface area contributed by atoms with Crippen LogP contribution in [0.25, 0.3) is 0 Å². The molecule has 2 aromatic carbocycles. The highest BCUT2D eigenvalue weighted by molar-refractivity contribution is 9.39. The molecule has 22 heavy (non-hydrogen) atoms. The lowest BCUT2D eigenvalue weighted by atomic mass is 10.2. The van der Waals surface area contributed by atoms with Gasteiger partial charge >= 0.3 is 0 Å². The maximum Gasteiger partial charge on any atom is 0.252 e. The number of halogens is 3. The standard InChI is InChI=1S/C16H15Br3N2O/c17-16(18,19)15(20-11-12-7-3-1-4-8-12)21-14(22)13-9-5-2-6-10-13/h1-10,15,20H,11H2,(H,21,22)/t15-/m1/s1. The minimum Gasteiger partial charge on any atom is -0.334 e. The molecule has 0 bridgehead atoms. The van der Waals surface area contributed by atoms with Crippen molar-refractivity contribution in [1.29, 1.82) is 0 Å². The van der Waals surface area contributed by atoms with Crippen LogP contribution in [0.3, 0.4) is 0 Å². The van der Waals surface area contributed by atoms with E-state index in [1.165, 1.54) is 0 Å². The summed E-state index contributed by atoms with van der Waals surface area (Å²) in [5.41, 5.74) is 1.75. The van der Waals surface area contributed by atoms with Crippen molar-refractivity contribution in [2.45, 2.75) is 14.9 Å². The topological polar surface area (TPSA) is 41.1 Å². The summed E-state index contributed by atoms with van der Waals surface area (Å²) in [6, 6.07) is 19.1. The number of hydrogen-bond donors (Lipinski definition) is 2. The number of hydrogen-bond acceptors (Lipinski definition) is 2. The molecule has 1 amide bonds. The lowest BCUT2D eigenvalue weighted by molar-refractivity contribution is 0.0931. The van der Waals surface area contributed by atoms with Crippen LogP contribution in [-0.2, 0) is 6.54 Å². The Morgan fingerprint density at radius 3 is 2.05 bits per heavy atom. The van der Waals surface area contributed by atoms with Gasteiger partial charge in [0.05, 0.1) is 0 Å². The zero-order chi connectivity index (χ0) is 16.0. The molecule has 0 heterocycles. The number of rotatable bonds is 5. The zero-order valence-corrected chi connectivity index (χ0v) is 16.4. The van der Waals surface area contributed by atoms with Crippen molar-refractivity contribution in [2.75, 3.05) is 0 Å². The molecule has 2 aromatic rings. The highest BCUT2D eigenvalue weighted by Crippen LogP contribution is 2.36. The molecule has 1 atom stereocenters. The molecular weight excluding hydrogens is 476 g/mol. The fourth-order valence-corrected chi connectivity index (χ4v) is 2.70. The van der Waals surface area contributed by atoms with Gasteiger partial charge in [-0.2, -0.15) is 0 Å². The molecule has 116 valence electrons. The third-order valence-electron chi connectivity index (χ3n) is 2.99. The van der Waals surface area contributed by atoms with Crippen LogP contribution in [0.4, 0.5) is 0 Å². The number of carbonyl (C=O) groups is 1. The first-order valence-corrected chi connectivity index (χ1v) is 9.04. The average Bonchev–Trinajstić information content (AvgIpc) is 2.52. The molecule has 2 rings (SSSR count). The van der Waals surface area contributed by atoms with Crippen LogP contribution < -0.4 is 10.6 Å². The fraction of sp³-hybridized carbons (Fsp3) is 0.188. The Hall–Kier alpha value is -0.690. The average molecular weight is 491 g/mol. The van der Waals surface area contributed by atoms with Crippen LogP contribution in [0.1, 0.15) is 15.9 Å². The molecule has 0 aliphatic carbocycles. The van der Waals surface area contributed by atoms with Gasteiger partial charge in [0.2, 0.25) is 0 Å². The van der Waals surface area contributed by atoms with Crippen LogP contribution in [0.2, 0.25) is 0 Å². The van der Waals surface area contributed by atoms with Crippen molar-refractivity contribution in [1.82, 2.24) is 10.6 Å². The Balaban J connectivity index is 2.02. The highest BCUT2D eigenvalue weighted by atomic mass is 80.0. The van der Waals surface area contributed by atoms with Gasteiger partial charge in [0.25, 0.3) is 5.91 Å². The predicted molar refractivity (Wildman–Crippen MR) is 100 cm³/mol. The lowest BCUT2D eigenvalue weighted by Crippen LogP contribution is -2.52. The first-order valence-electron chi connectivity index (χ1n) is 6.67. The second kappa shape index (κ2) is 8.24. The molecule has 2 N–H and O–H groups in total. The Labute approximate surface area is 155 Å². The molecule has 0 aromatic heterocycles. The molecule has 0 aliphatic heterocycles. The quantitative estimate of drug-likeness (QED) is 0.482. The Kier molecular flexibility index (Phi) is 6.62. The van der Waals surface area contributed by atoms with Crippen molar-refractivity contribution in [2.24, 2.45) is 0 Å². The Bertz CT molecular complexity index is 600. The highest BCUT2D eigenvalue weighted by Gasteiger charge is 2.32. The third-order valence-corrected chi connectivity index (χ3v) is 4.37. The van der Waals surface area contributed by atoms with Gasteiger partial charge in [-0.05, 0) is 17.7 Å². The summed E-state index contributed by atoms with van der Waals surface area (Å²) in [5.74, 6) is -0.145. The van der Waals surface area contributed by atoms with Crippen molar-refractivity contribution in [3.8, 4) is 0 Å². The Morgan fingerprint density at radius 2 is 1.50 bits per heavy atom. The van der Waals surface area contributed by atoms with E-state index in [4.69, 9.17) is 0 Å². The van der Waals surface area contributed by atoms with Gasteiger partial charge in [0, 0.05) is 12.1 Å². The molecule has 0 spiro atoms. The first kappa shape index (κ1) is 17.7. The fourth-order valence-electron chi connectivity index (χ4n) is 1.87. The minimum absolute atomic E-state index is 0.145. The molecule has 0 radical (unpaired) electrons. The number of carbonyl (C=O) groups excluding carboxylic acids is 1. The molecule has 0 fully saturated rings. The van der Waals surface area contributed by atoms with Crippen molar-refractivity contribution in [3.63, 3.8) is 0 Å². The van der Waals surface area contributed by atoms with E-state index in [0.717, 1.165) is 5.56 Å². The minimum atomic E-state index is -0.647. The maximum atomic E-state index is 12.3. The lowest BCUT2D eigenvalue weighted by Gasteiger charge is -2.28. The second-order valence-electron chi connectivity index (χ2n) is 4.68. The number of alkyl halides is 3. The summed E-state index contributed by atoms with van der Waals surface area (Å²) in [6.45, 7) is 0.630. The van der Waals surface area contributed by atoms with Crippen molar-refractivity contribution >= 4 is 53.7 Å². The predicted octanol–water partition coefficient (Wildman–Crippen LogP) is 4.37. The molecule has 0 saturated heterocycles. The van der Waals surface area contributed by atoms with Crippen LogP contribution in [-0.4, -0.2) is 14.2 Å². The first-order chi connectivity index (χ1) is 10.5. The van der Waals surface area contributed by atoms with Crippen molar-refractivity contribution in [3.05, 3.63) is 71.8 Å². The SMILES string of the molecule is O=C(N[C@@H](NCc1ccccc1)C(Br)(Br)Br)c1ccccc1. The number of amides is 1. The monoisotopic (exact) mass is 488 g/mol. The molecule has 0 saturated carbocycles. The van der Waals surface area contributed by atoms with E-state index in [0.29, 0.717) is 12.1 Å². The van der Waals surface area contributed by atoms with E-state index in [1.807, 2.05) is 48.5 Å². The van der Waals surface area contributed by atoms with E-state index in [9.17, 15) is 4.79 Å². The molecular formula is C16H15Br3N2O. The van der Waals surface area contributed by atoms with Crippen LogP contribution >= 0.6 is 47.8 Å². The second-order valence-corrected chi connectivity index (χ2v) is 11.6. The van der Waals surface area contributed by atoms with Gasteiger partial charge in [0.1, 0.15) is 6.17 Å². The molecule has 0 aliphatic rings. The van der Waals surface area contributed by atoms with Crippen LogP contribution in [0, 0.1) is 0 Å². The van der Waals surface area contributed by atoms with E-state index in [1.54, 1.807) is 12.1 Å². The van der Waals surface area contributed by atoms with Gasteiger partial charge < -0.3 is 5.32 Å². The smallest absolute Gasteiger partial charge is 0.252 e. The summed E-state index contributed by atoms with van der Waals surface area (Å²) < 4.78 is -0.647. The summed E-state index contributed by atoms with van der Waals surface area (Å²) in [6.07, 6.45) is -0.361. The number of nitrogens with one attached hydrogen (secondary N) is 2. The maximum absolute atomic E-state index is 12.3. The van der Waals surface area contributed by atoms with Gasteiger partial charge in [0.15, 0.2) is 2.14 Å². The molecule has 3 nitrogen and oxygen atoms in total. The third kappa shape index (κ3) is 5.50.